The van der Waals surface area contributed by atoms with Crippen molar-refractivity contribution in [1.82, 2.24) is 5.32 Å². The number of nitrogens with two attached hydrogens (primary N) is 1. The number of rotatable bonds is 4. The van der Waals surface area contributed by atoms with Crippen LogP contribution < -0.4 is 16.0 Å². The highest BCUT2D eigenvalue weighted by Crippen LogP contribution is 2.24. The van der Waals surface area contributed by atoms with Crippen molar-refractivity contribution in [1.29, 1.82) is 0 Å². The van der Waals surface area contributed by atoms with Gasteiger partial charge in [-0.3, -0.25) is 4.90 Å². The zero-order valence-corrected chi connectivity index (χ0v) is 12.4. The molecule has 1 aliphatic rings. The van der Waals surface area contributed by atoms with Crippen LogP contribution in [0.2, 0.25) is 0 Å². The normalized spacial score (nSPS) is 18.2. The Morgan fingerprint density at radius 2 is 2.15 bits per heavy atom. The van der Waals surface area contributed by atoms with Crippen molar-refractivity contribution in [3.63, 3.8) is 0 Å². The molecule has 0 aromatic heterocycles. The number of ether oxygens (including phenoxy) is 1. The van der Waals surface area contributed by atoms with Crippen molar-refractivity contribution < 1.29 is 9.53 Å². The van der Waals surface area contributed by atoms with Crippen LogP contribution in [-0.4, -0.2) is 30.4 Å². The van der Waals surface area contributed by atoms with Crippen molar-refractivity contribution in [2.75, 3.05) is 18.0 Å². The van der Waals surface area contributed by atoms with Gasteiger partial charge in [-0.25, -0.2) is 4.79 Å². The van der Waals surface area contributed by atoms with Gasteiger partial charge in [-0.15, -0.1) is 0 Å². The Balaban J connectivity index is 2.02. The second-order valence-electron chi connectivity index (χ2n) is 5.11. The summed E-state index contributed by atoms with van der Waals surface area (Å²) in [4.78, 5) is 13.5. The van der Waals surface area contributed by atoms with E-state index in [4.69, 9.17) is 22.7 Å². The van der Waals surface area contributed by atoms with Crippen LogP contribution in [0.1, 0.15) is 25.3 Å². The van der Waals surface area contributed by atoms with E-state index in [-0.39, 0.29) is 17.3 Å². The summed E-state index contributed by atoms with van der Waals surface area (Å²) in [7, 11) is 0. The molecule has 0 spiro atoms. The van der Waals surface area contributed by atoms with Crippen molar-refractivity contribution in [2.24, 2.45) is 5.73 Å². The molecule has 0 radical (unpaired) electrons. The number of carbonyl (C=O) groups excluding carboxylic acids is 1. The van der Waals surface area contributed by atoms with Crippen LogP contribution in [0.3, 0.4) is 0 Å². The monoisotopic (exact) mass is 293 g/mol. The fourth-order valence-corrected chi connectivity index (χ4v) is 2.18. The van der Waals surface area contributed by atoms with Gasteiger partial charge in [0.1, 0.15) is 6.10 Å². The lowest BCUT2D eigenvalue weighted by atomic mass is 10.0. The summed E-state index contributed by atoms with van der Waals surface area (Å²) in [6.07, 6.45) is -0.578. The molecule has 1 fully saturated rings. The van der Waals surface area contributed by atoms with Gasteiger partial charge in [-0.2, -0.15) is 0 Å². The lowest BCUT2D eigenvalue weighted by Crippen LogP contribution is -2.37. The molecule has 1 saturated heterocycles. The standard InChI is InChI=1S/C14H19N3O2S/c1-9(2)10-3-5-11(6-4-10)17-8-12(19-14(17)18)7-16-13(15)20/h3-6,9,12H,7-8H2,1-2H3,(H3,15,16,20)/t12-/m0/s1. The van der Waals surface area contributed by atoms with E-state index in [1.165, 1.54) is 5.56 Å². The van der Waals surface area contributed by atoms with Crippen LogP contribution >= 0.6 is 12.2 Å². The molecule has 1 heterocycles. The smallest absolute Gasteiger partial charge is 0.414 e. The van der Waals surface area contributed by atoms with Gasteiger partial charge in [-0.1, -0.05) is 26.0 Å². The summed E-state index contributed by atoms with van der Waals surface area (Å²) in [5.41, 5.74) is 7.45. The lowest BCUT2D eigenvalue weighted by molar-refractivity contribution is 0.143. The number of cyclic esters (lactones) is 1. The van der Waals surface area contributed by atoms with Crippen LogP contribution in [0.5, 0.6) is 0 Å². The molecule has 0 saturated carbocycles. The summed E-state index contributed by atoms with van der Waals surface area (Å²) in [6, 6.07) is 7.96. The molecule has 5 nitrogen and oxygen atoms in total. The predicted molar refractivity (Wildman–Crippen MR) is 82.9 cm³/mol. The first-order valence-corrected chi connectivity index (χ1v) is 6.99. The van der Waals surface area contributed by atoms with Gasteiger partial charge in [0.15, 0.2) is 5.11 Å². The molecule has 20 heavy (non-hydrogen) atoms. The Morgan fingerprint density at radius 3 is 2.70 bits per heavy atom. The van der Waals surface area contributed by atoms with Crippen molar-refractivity contribution in [3.05, 3.63) is 29.8 Å². The first-order chi connectivity index (χ1) is 9.47. The Kier molecular flexibility index (Phi) is 4.44. The number of nitrogens with zero attached hydrogens (tertiary/aromatic N) is 1. The Labute approximate surface area is 124 Å². The maximum absolute atomic E-state index is 11.9. The largest absolute Gasteiger partial charge is 0.442 e. The van der Waals surface area contributed by atoms with Gasteiger partial charge in [0.2, 0.25) is 0 Å². The van der Waals surface area contributed by atoms with E-state index in [1.807, 2.05) is 24.3 Å². The number of carbonyl (C=O) groups is 1. The van der Waals surface area contributed by atoms with Gasteiger partial charge >= 0.3 is 6.09 Å². The quantitative estimate of drug-likeness (QED) is 0.831. The van der Waals surface area contributed by atoms with E-state index in [9.17, 15) is 4.79 Å². The van der Waals surface area contributed by atoms with Crippen LogP contribution in [0.25, 0.3) is 0 Å². The molecule has 0 aliphatic carbocycles. The first-order valence-electron chi connectivity index (χ1n) is 6.58. The van der Waals surface area contributed by atoms with Gasteiger partial charge in [0.05, 0.1) is 13.1 Å². The van der Waals surface area contributed by atoms with E-state index in [1.54, 1.807) is 4.90 Å². The third kappa shape index (κ3) is 3.39. The van der Waals surface area contributed by atoms with Gasteiger partial charge in [0.25, 0.3) is 0 Å². The van der Waals surface area contributed by atoms with Gasteiger partial charge in [0, 0.05) is 5.69 Å². The third-order valence-electron chi connectivity index (χ3n) is 3.25. The van der Waals surface area contributed by atoms with E-state index in [2.05, 4.69) is 19.2 Å². The molecule has 1 aromatic rings. The summed E-state index contributed by atoms with van der Waals surface area (Å²) >= 11 is 4.73. The first kappa shape index (κ1) is 14.6. The van der Waals surface area contributed by atoms with Crippen molar-refractivity contribution in [3.8, 4) is 0 Å². The van der Waals surface area contributed by atoms with Crippen LogP contribution in [0.4, 0.5) is 10.5 Å². The molecule has 0 bridgehead atoms. The van der Waals surface area contributed by atoms with E-state index < -0.39 is 0 Å². The number of hydrogen-bond donors (Lipinski definition) is 2. The Morgan fingerprint density at radius 1 is 1.50 bits per heavy atom. The molecule has 3 N–H and O–H groups in total. The minimum absolute atomic E-state index is 0.209. The molecular weight excluding hydrogens is 274 g/mol. The average molecular weight is 293 g/mol. The van der Waals surface area contributed by atoms with Crippen LogP contribution in [0.15, 0.2) is 24.3 Å². The third-order valence-corrected chi connectivity index (χ3v) is 3.39. The van der Waals surface area contributed by atoms with Gasteiger partial charge in [-0.05, 0) is 35.8 Å². The maximum atomic E-state index is 11.9. The van der Waals surface area contributed by atoms with Crippen LogP contribution in [0, 0.1) is 0 Å². The Bertz CT molecular complexity index is 502. The number of amides is 1. The van der Waals surface area contributed by atoms with E-state index >= 15 is 0 Å². The highest BCUT2D eigenvalue weighted by Gasteiger charge is 2.32. The fourth-order valence-electron chi connectivity index (χ4n) is 2.09. The predicted octanol–water partition coefficient (Wildman–Crippen LogP) is 1.97. The topological polar surface area (TPSA) is 67.6 Å². The highest BCUT2D eigenvalue weighted by atomic mass is 32.1. The SMILES string of the molecule is CC(C)c1ccc(N2C[C@H](CNC(N)=S)OC2=O)cc1. The molecule has 108 valence electrons. The molecule has 6 heteroatoms. The van der Waals surface area contributed by atoms with Crippen molar-refractivity contribution >= 4 is 29.1 Å². The second-order valence-corrected chi connectivity index (χ2v) is 5.55. The zero-order valence-electron chi connectivity index (χ0n) is 11.6. The number of nitrogens with one attached hydrogen (secondary N) is 1. The highest BCUT2D eigenvalue weighted by molar-refractivity contribution is 7.80. The Hall–Kier alpha value is -1.82. The number of thiocarbonyl (C=S) groups is 1. The maximum Gasteiger partial charge on any atom is 0.414 e. The van der Waals surface area contributed by atoms with Gasteiger partial charge < -0.3 is 15.8 Å². The molecular formula is C14H19N3O2S. The molecule has 1 atom stereocenters. The molecule has 1 aliphatic heterocycles. The van der Waals surface area contributed by atoms with E-state index in [0.717, 1.165) is 5.69 Å². The van der Waals surface area contributed by atoms with E-state index in [0.29, 0.717) is 19.0 Å². The number of hydrogen-bond acceptors (Lipinski definition) is 3. The zero-order chi connectivity index (χ0) is 14.7. The molecule has 1 aromatic carbocycles. The number of anilines is 1. The summed E-state index contributed by atoms with van der Waals surface area (Å²) in [6.45, 7) is 5.20. The summed E-state index contributed by atoms with van der Waals surface area (Å²) < 4.78 is 5.27. The summed E-state index contributed by atoms with van der Waals surface area (Å²) in [5.74, 6) is 0.470. The fraction of sp³-hybridized carbons (Fsp3) is 0.429. The second kappa shape index (κ2) is 6.09. The van der Waals surface area contributed by atoms with Crippen LogP contribution in [-0.2, 0) is 4.74 Å². The molecule has 0 unspecified atom stereocenters. The molecule has 2 rings (SSSR count). The van der Waals surface area contributed by atoms with Crippen molar-refractivity contribution in [2.45, 2.75) is 25.9 Å². The summed E-state index contributed by atoms with van der Waals surface area (Å²) in [5, 5.41) is 3.02. The number of benzene rings is 1. The average Bonchev–Trinajstić information content (AvgIpc) is 2.78. The minimum atomic E-state index is -0.336. The lowest BCUT2D eigenvalue weighted by Gasteiger charge is -2.14. The molecule has 1 amide bonds. The minimum Gasteiger partial charge on any atom is -0.442 e.